The number of hydrogen-bond donors (Lipinski definition) is 2. The van der Waals surface area contributed by atoms with Crippen molar-refractivity contribution in [3.8, 4) is 5.75 Å². The highest BCUT2D eigenvalue weighted by Gasteiger charge is 2.30. The summed E-state index contributed by atoms with van der Waals surface area (Å²) >= 11 is 0. The highest BCUT2D eigenvalue weighted by Crippen LogP contribution is 2.29. The van der Waals surface area contributed by atoms with Crippen LogP contribution < -0.4 is 10.1 Å². The van der Waals surface area contributed by atoms with E-state index in [9.17, 15) is 22.4 Å². The number of halogens is 4. The molecule has 0 heterocycles. The zero-order valence-electron chi connectivity index (χ0n) is 14.5. The van der Waals surface area contributed by atoms with Crippen LogP contribution in [0.1, 0.15) is 23.6 Å². The molecule has 0 fully saturated rings. The molecule has 0 aliphatic heterocycles. The number of aliphatic carboxylic acids is 1. The van der Waals surface area contributed by atoms with Crippen LogP contribution in [-0.4, -0.2) is 17.6 Å². The van der Waals surface area contributed by atoms with Crippen LogP contribution in [0.5, 0.6) is 5.75 Å². The van der Waals surface area contributed by atoms with Crippen LogP contribution in [0.4, 0.5) is 17.6 Å². The molecule has 2 rings (SSSR count). The van der Waals surface area contributed by atoms with Gasteiger partial charge in [-0.25, -0.2) is 4.39 Å². The maximum atomic E-state index is 14.1. The van der Waals surface area contributed by atoms with Crippen molar-refractivity contribution in [3.05, 3.63) is 65.0 Å². The first kappa shape index (κ1) is 20.7. The number of hydrogen-bond acceptors (Lipinski definition) is 3. The van der Waals surface area contributed by atoms with Gasteiger partial charge in [-0.15, -0.1) is 0 Å². The molecule has 0 radical (unpaired) electrons. The van der Waals surface area contributed by atoms with E-state index in [1.165, 1.54) is 31.2 Å². The molecule has 1 atom stereocenters. The lowest BCUT2D eigenvalue weighted by atomic mass is 10.1. The first-order chi connectivity index (χ1) is 12.7. The molecular formula is C19H19F4NO3. The van der Waals surface area contributed by atoms with Crippen LogP contribution in [0.25, 0.3) is 0 Å². The summed E-state index contributed by atoms with van der Waals surface area (Å²) in [6, 6.07) is 8.87. The average Bonchev–Trinajstić information content (AvgIpc) is 2.61. The van der Waals surface area contributed by atoms with Gasteiger partial charge in [0.1, 0.15) is 18.2 Å². The summed E-state index contributed by atoms with van der Waals surface area (Å²) in [6.45, 7) is 1.76. The largest absolute Gasteiger partial charge is 0.489 e. The number of carboxylic acid groups (broad SMARTS) is 1. The van der Waals surface area contributed by atoms with Crippen molar-refractivity contribution < 1.29 is 32.2 Å². The van der Waals surface area contributed by atoms with Crippen molar-refractivity contribution in [1.29, 1.82) is 0 Å². The SMILES string of the molecule is CC(CNCc1ccc(OCc2cccc(C(F)(F)F)c2)cc1F)C(=O)O. The number of ether oxygens (including phenoxy) is 1. The van der Waals surface area contributed by atoms with Gasteiger partial charge in [-0.2, -0.15) is 13.2 Å². The third kappa shape index (κ3) is 6.25. The third-order valence-electron chi connectivity index (χ3n) is 3.87. The van der Waals surface area contributed by atoms with Crippen molar-refractivity contribution in [3.63, 3.8) is 0 Å². The van der Waals surface area contributed by atoms with Crippen molar-refractivity contribution in [2.24, 2.45) is 5.92 Å². The molecule has 0 amide bonds. The quantitative estimate of drug-likeness (QED) is 0.668. The molecule has 2 aromatic carbocycles. The van der Waals surface area contributed by atoms with Gasteiger partial charge < -0.3 is 15.2 Å². The molecular weight excluding hydrogens is 366 g/mol. The zero-order valence-corrected chi connectivity index (χ0v) is 14.5. The monoisotopic (exact) mass is 385 g/mol. The molecule has 0 bridgehead atoms. The number of nitrogens with one attached hydrogen (secondary N) is 1. The van der Waals surface area contributed by atoms with Gasteiger partial charge in [0.05, 0.1) is 11.5 Å². The lowest BCUT2D eigenvalue weighted by molar-refractivity contribution is -0.141. The highest BCUT2D eigenvalue weighted by molar-refractivity contribution is 5.69. The minimum atomic E-state index is -4.44. The third-order valence-corrected chi connectivity index (χ3v) is 3.87. The fraction of sp³-hybridized carbons (Fsp3) is 0.316. The maximum absolute atomic E-state index is 14.1. The van der Waals surface area contributed by atoms with Crippen molar-refractivity contribution >= 4 is 5.97 Å². The topological polar surface area (TPSA) is 58.6 Å². The van der Waals surface area contributed by atoms with Gasteiger partial charge in [-0.3, -0.25) is 4.79 Å². The molecule has 8 heteroatoms. The van der Waals surface area contributed by atoms with Crippen LogP contribution in [0.2, 0.25) is 0 Å². The summed E-state index contributed by atoms with van der Waals surface area (Å²) in [5, 5.41) is 11.6. The van der Waals surface area contributed by atoms with Gasteiger partial charge >= 0.3 is 12.1 Å². The molecule has 0 saturated heterocycles. The Hall–Kier alpha value is -2.61. The van der Waals surface area contributed by atoms with E-state index in [2.05, 4.69) is 5.32 Å². The number of carboxylic acids is 1. The van der Waals surface area contributed by atoms with E-state index in [1.807, 2.05) is 0 Å². The van der Waals surface area contributed by atoms with E-state index in [0.717, 1.165) is 18.2 Å². The molecule has 0 aliphatic carbocycles. The van der Waals surface area contributed by atoms with Crippen LogP contribution >= 0.6 is 0 Å². The lowest BCUT2D eigenvalue weighted by Crippen LogP contribution is -2.26. The number of alkyl halides is 3. The van der Waals surface area contributed by atoms with Gasteiger partial charge in [0.25, 0.3) is 0 Å². The van der Waals surface area contributed by atoms with Crippen LogP contribution in [-0.2, 0) is 24.1 Å². The summed E-state index contributed by atoms with van der Waals surface area (Å²) in [6.07, 6.45) is -4.44. The van der Waals surface area contributed by atoms with Gasteiger partial charge in [-0.05, 0) is 23.8 Å². The van der Waals surface area contributed by atoms with E-state index in [0.29, 0.717) is 11.1 Å². The predicted molar refractivity (Wildman–Crippen MR) is 90.7 cm³/mol. The molecule has 27 heavy (non-hydrogen) atoms. The van der Waals surface area contributed by atoms with E-state index >= 15 is 0 Å². The fourth-order valence-electron chi connectivity index (χ4n) is 2.28. The Bertz CT molecular complexity index is 793. The molecule has 1 unspecified atom stereocenters. The van der Waals surface area contributed by atoms with E-state index in [4.69, 9.17) is 9.84 Å². The van der Waals surface area contributed by atoms with Crippen LogP contribution in [0.15, 0.2) is 42.5 Å². The van der Waals surface area contributed by atoms with Crippen LogP contribution in [0, 0.1) is 11.7 Å². The summed E-state index contributed by atoms with van der Waals surface area (Å²) < 4.78 is 57.5. The molecule has 4 nitrogen and oxygen atoms in total. The van der Waals surface area contributed by atoms with Crippen molar-refractivity contribution in [2.45, 2.75) is 26.3 Å². The van der Waals surface area contributed by atoms with Gasteiger partial charge in [0.15, 0.2) is 0 Å². The predicted octanol–water partition coefficient (Wildman–Crippen LogP) is 4.23. The summed E-state index contributed by atoms with van der Waals surface area (Å²) in [7, 11) is 0. The summed E-state index contributed by atoms with van der Waals surface area (Å²) in [4.78, 5) is 10.7. The number of benzene rings is 2. The minimum Gasteiger partial charge on any atom is -0.489 e. The Labute approximate surface area is 153 Å². The molecule has 2 aromatic rings. The Balaban J connectivity index is 1.93. The van der Waals surface area contributed by atoms with Gasteiger partial charge in [0.2, 0.25) is 0 Å². The molecule has 0 aliphatic rings. The average molecular weight is 385 g/mol. The lowest BCUT2D eigenvalue weighted by Gasteiger charge is -2.12. The number of carbonyl (C=O) groups is 1. The second-order valence-electron chi connectivity index (χ2n) is 6.11. The molecule has 2 N–H and O–H groups in total. The molecule has 0 saturated carbocycles. The second-order valence-corrected chi connectivity index (χ2v) is 6.11. The Morgan fingerprint density at radius 3 is 2.59 bits per heavy atom. The molecule has 0 spiro atoms. The first-order valence-electron chi connectivity index (χ1n) is 8.17. The van der Waals surface area contributed by atoms with E-state index in [-0.39, 0.29) is 25.4 Å². The maximum Gasteiger partial charge on any atom is 0.416 e. The fourth-order valence-corrected chi connectivity index (χ4v) is 2.28. The Kier molecular flexibility index (Phi) is 6.79. The van der Waals surface area contributed by atoms with Crippen molar-refractivity contribution in [1.82, 2.24) is 5.32 Å². The highest BCUT2D eigenvalue weighted by atomic mass is 19.4. The molecule has 0 aromatic heterocycles. The van der Waals surface area contributed by atoms with Crippen molar-refractivity contribution in [2.75, 3.05) is 6.54 Å². The summed E-state index contributed by atoms with van der Waals surface area (Å²) in [5.41, 5.74) is -0.121. The zero-order chi connectivity index (χ0) is 20.0. The number of rotatable bonds is 8. The molecule has 146 valence electrons. The Morgan fingerprint density at radius 1 is 1.22 bits per heavy atom. The summed E-state index contributed by atoms with van der Waals surface area (Å²) in [5.74, 6) is -1.90. The van der Waals surface area contributed by atoms with Gasteiger partial charge in [-0.1, -0.05) is 25.1 Å². The standard InChI is InChI=1S/C19H19F4NO3/c1-12(18(25)26)9-24-10-14-5-6-16(8-17(14)20)27-11-13-3-2-4-15(7-13)19(21,22)23/h2-8,12,24H,9-11H2,1H3,(H,25,26). The first-order valence-corrected chi connectivity index (χ1v) is 8.17. The second kappa shape index (κ2) is 8.85. The van der Waals surface area contributed by atoms with E-state index in [1.54, 1.807) is 0 Å². The van der Waals surface area contributed by atoms with Gasteiger partial charge in [0, 0.05) is 24.7 Å². The minimum absolute atomic E-state index is 0.128. The Morgan fingerprint density at radius 2 is 1.96 bits per heavy atom. The van der Waals surface area contributed by atoms with Crippen LogP contribution in [0.3, 0.4) is 0 Å². The van der Waals surface area contributed by atoms with E-state index < -0.39 is 29.4 Å². The normalized spacial score (nSPS) is 12.6. The smallest absolute Gasteiger partial charge is 0.416 e.